The van der Waals surface area contributed by atoms with Crippen molar-refractivity contribution < 1.29 is 19.1 Å². The van der Waals surface area contributed by atoms with Gasteiger partial charge in [0.2, 0.25) is 0 Å². The summed E-state index contributed by atoms with van der Waals surface area (Å²) in [6, 6.07) is 0. The second kappa shape index (κ2) is 9.09. The van der Waals surface area contributed by atoms with Crippen LogP contribution in [0.3, 0.4) is 0 Å². The molecule has 29 heavy (non-hydrogen) atoms. The van der Waals surface area contributed by atoms with Gasteiger partial charge < -0.3 is 9.47 Å². The van der Waals surface area contributed by atoms with E-state index in [2.05, 4.69) is 45.9 Å². The Morgan fingerprint density at radius 2 is 1.93 bits per heavy atom. The normalized spacial score (nSPS) is 37.1. The molecule has 1 fully saturated rings. The Morgan fingerprint density at radius 3 is 2.48 bits per heavy atom. The van der Waals surface area contributed by atoms with Crippen molar-refractivity contribution in [3.8, 4) is 0 Å². The van der Waals surface area contributed by atoms with E-state index in [0.717, 1.165) is 5.57 Å². The molecule has 0 saturated carbocycles. The number of ketones is 2. The van der Waals surface area contributed by atoms with Gasteiger partial charge in [-0.2, -0.15) is 0 Å². The smallest absolute Gasteiger partial charge is 0.167 e. The number of hydrogen-bond donors (Lipinski definition) is 0. The molecule has 2 aliphatic rings. The molecule has 7 atom stereocenters. The van der Waals surface area contributed by atoms with Crippen molar-refractivity contribution in [1.82, 2.24) is 0 Å². The highest BCUT2D eigenvalue weighted by atomic mass is 16.7. The van der Waals surface area contributed by atoms with Crippen LogP contribution in [0.4, 0.5) is 0 Å². The van der Waals surface area contributed by atoms with Crippen LogP contribution in [0.15, 0.2) is 34.9 Å². The van der Waals surface area contributed by atoms with Gasteiger partial charge in [-0.15, -0.1) is 0 Å². The molecule has 4 heteroatoms. The molecule has 0 spiro atoms. The fourth-order valence-corrected chi connectivity index (χ4v) is 5.57. The Labute approximate surface area is 176 Å². The van der Waals surface area contributed by atoms with Crippen LogP contribution in [0.1, 0.15) is 61.8 Å². The molecule has 0 aromatic carbocycles. The largest absolute Gasteiger partial charge is 0.355 e. The van der Waals surface area contributed by atoms with Gasteiger partial charge in [-0.1, -0.05) is 69.6 Å². The fraction of sp³-hybridized carbons (Fsp3) is 0.680. The zero-order valence-electron chi connectivity index (χ0n) is 19.5. The molecule has 0 N–H and O–H groups in total. The molecule has 2 rings (SSSR count). The van der Waals surface area contributed by atoms with E-state index < -0.39 is 11.7 Å². The topological polar surface area (TPSA) is 52.6 Å². The van der Waals surface area contributed by atoms with Gasteiger partial charge in [0.25, 0.3) is 0 Å². The van der Waals surface area contributed by atoms with E-state index in [1.54, 1.807) is 7.11 Å². The fourth-order valence-electron chi connectivity index (χ4n) is 5.57. The summed E-state index contributed by atoms with van der Waals surface area (Å²) in [5.74, 6) is -0.158. The highest BCUT2D eigenvalue weighted by molar-refractivity contribution is 5.84. The average Bonchev–Trinajstić information content (AvgIpc) is 2.64. The summed E-state index contributed by atoms with van der Waals surface area (Å²) < 4.78 is 11.9. The summed E-state index contributed by atoms with van der Waals surface area (Å²) in [7, 11) is 1.59. The lowest BCUT2D eigenvalue weighted by Gasteiger charge is -2.50. The van der Waals surface area contributed by atoms with E-state index in [1.165, 1.54) is 11.1 Å². The van der Waals surface area contributed by atoms with Gasteiger partial charge in [-0.05, 0) is 20.8 Å². The number of methoxy groups -OCH3 is 1. The monoisotopic (exact) mass is 402 g/mol. The molecule has 0 amide bonds. The molecule has 1 saturated heterocycles. The van der Waals surface area contributed by atoms with Gasteiger partial charge in [-0.25, -0.2) is 0 Å². The molecule has 1 heterocycles. The van der Waals surface area contributed by atoms with E-state index in [9.17, 15) is 9.59 Å². The Kier molecular flexibility index (Phi) is 7.45. The summed E-state index contributed by atoms with van der Waals surface area (Å²) in [5.41, 5.74) is 3.13. The third-order valence-corrected chi connectivity index (χ3v) is 6.78. The van der Waals surface area contributed by atoms with Crippen molar-refractivity contribution >= 4 is 11.6 Å². The lowest BCUT2D eigenvalue weighted by atomic mass is 9.60. The SMILES string of the molecule is CCC(=O)[C@@H](C)/C=C(\C)[C@H]1C(C)=CC(C)=C[C@@]1(C)C1OC(OC)C(C)C(=O)C1C. The third-order valence-electron chi connectivity index (χ3n) is 6.78. The molecule has 1 aliphatic heterocycles. The van der Waals surface area contributed by atoms with E-state index in [-0.39, 0.29) is 41.3 Å². The first-order valence-electron chi connectivity index (χ1n) is 10.8. The summed E-state index contributed by atoms with van der Waals surface area (Å²) in [6.45, 7) is 16.2. The van der Waals surface area contributed by atoms with Crippen molar-refractivity contribution in [2.45, 2.75) is 74.2 Å². The van der Waals surface area contributed by atoms with E-state index >= 15 is 0 Å². The maximum absolute atomic E-state index is 13.0. The Morgan fingerprint density at radius 1 is 1.31 bits per heavy atom. The predicted molar refractivity (Wildman–Crippen MR) is 116 cm³/mol. The molecule has 1 aliphatic carbocycles. The molecule has 4 nitrogen and oxygen atoms in total. The second-order valence-corrected chi connectivity index (χ2v) is 9.24. The summed E-state index contributed by atoms with van der Waals surface area (Å²) in [5, 5.41) is 0. The molecule has 0 radical (unpaired) electrons. The highest BCUT2D eigenvalue weighted by Gasteiger charge is 2.52. The van der Waals surface area contributed by atoms with Crippen LogP contribution < -0.4 is 0 Å². The first kappa shape index (κ1) is 23.8. The number of Topliss-reactive ketones (excluding diaryl/α,β-unsaturated/α-hetero) is 2. The third kappa shape index (κ3) is 4.49. The minimum Gasteiger partial charge on any atom is -0.355 e. The van der Waals surface area contributed by atoms with Crippen LogP contribution in [0.5, 0.6) is 0 Å². The first-order chi connectivity index (χ1) is 13.5. The van der Waals surface area contributed by atoms with Crippen molar-refractivity contribution in [3.63, 3.8) is 0 Å². The Bertz CT molecular complexity index is 744. The zero-order valence-corrected chi connectivity index (χ0v) is 19.5. The van der Waals surface area contributed by atoms with Crippen molar-refractivity contribution in [3.05, 3.63) is 34.9 Å². The van der Waals surface area contributed by atoms with Gasteiger partial charge in [0.1, 0.15) is 11.6 Å². The molecule has 0 aromatic heterocycles. The maximum Gasteiger partial charge on any atom is 0.167 e. The van der Waals surface area contributed by atoms with E-state index in [4.69, 9.17) is 9.47 Å². The van der Waals surface area contributed by atoms with Crippen molar-refractivity contribution in [1.29, 1.82) is 0 Å². The number of carbonyl (C=O) groups is 2. The number of ether oxygens (including phenoxy) is 2. The first-order valence-corrected chi connectivity index (χ1v) is 10.8. The van der Waals surface area contributed by atoms with Crippen LogP contribution in [-0.2, 0) is 19.1 Å². The Balaban J connectivity index is 2.53. The van der Waals surface area contributed by atoms with Crippen LogP contribution in [0, 0.1) is 29.1 Å². The van der Waals surface area contributed by atoms with Gasteiger partial charge in [0, 0.05) is 36.7 Å². The lowest BCUT2D eigenvalue weighted by Crippen LogP contribution is -2.55. The average molecular weight is 403 g/mol. The standard InChI is InChI=1S/C25H38O4/c1-10-20(26)15(3)12-17(5)21-16(4)11-14(2)13-25(21,8)23-18(6)22(27)19(7)24(28-9)29-23/h11-13,15,18-19,21,23-24H,10H2,1-9H3/b17-12+/t15-,18?,19?,21+,23?,24?,25+/m0/s1. The minimum absolute atomic E-state index is 0.0597. The summed E-state index contributed by atoms with van der Waals surface area (Å²) in [4.78, 5) is 25.2. The Hall–Kier alpha value is -1.52. The minimum atomic E-state index is -0.536. The van der Waals surface area contributed by atoms with Crippen molar-refractivity contribution in [2.24, 2.45) is 29.1 Å². The maximum atomic E-state index is 13.0. The second-order valence-electron chi connectivity index (χ2n) is 9.24. The number of hydrogen-bond acceptors (Lipinski definition) is 4. The molecule has 162 valence electrons. The van der Waals surface area contributed by atoms with Gasteiger partial charge in [0.15, 0.2) is 6.29 Å². The number of allylic oxidation sites excluding steroid dienone is 5. The number of carbonyl (C=O) groups excluding carboxylic acids is 2. The van der Waals surface area contributed by atoms with Crippen LogP contribution >= 0.6 is 0 Å². The molecular weight excluding hydrogens is 364 g/mol. The van der Waals surface area contributed by atoms with Crippen LogP contribution in [0.25, 0.3) is 0 Å². The quantitative estimate of drug-likeness (QED) is 0.567. The van der Waals surface area contributed by atoms with Crippen LogP contribution in [0.2, 0.25) is 0 Å². The van der Waals surface area contributed by atoms with Gasteiger partial charge in [0.05, 0.1) is 12.0 Å². The van der Waals surface area contributed by atoms with Gasteiger partial charge >= 0.3 is 0 Å². The molecule has 4 unspecified atom stereocenters. The molecule has 0 bridgehead atoms. The predicted octanol–water partition coefficient (Wildman–Crippen LogP) is 5.29. The van der Waals surface area contributed by atoms with Crippen molar-refractivity contribution in [2.75, 3.05) is 7.11 Å². The lowest BCUT2D eigenvalue weighted by molar-refractivity contribution is -0.235. The highest BCUT2D eigenvalue weighted by Crippen LogP contribution is 2.51. The van der Waals surface area contributed by atoms with Crippen LogP contribution in [-0.4, -0.2) is 31.1 Å². The van der Waals surface area contributed by atoms with E-state index in [1.807, 2.05) is 27.7 Å². The number of rotatable bonds is 6. The zero-order chi connectivity index (χ0) is 22.1. The molecular formula is C25H38O4. The summed E-state index contributed by atoms with van der Waals surface area (Å²) >= 11 is 0. The molecule has 0 aromatic rings. The van der Waals surface area contributed by atoms with E-state index in [0.29, 0.717) is 6.42 Å². The summed E-state index contributed by atoms with van der Waals surface area (Å²) in [6.07, 6.45) is 6.22. The van der Waals surface area contributed by atoms with Gasteiger partial charge in [-0.3, -0.25) is 9.59 Å².